The van der Waals surface area contributed by atoms with Crippen molar-refractivity contribution in [3.8, 4) is 0 Å². The molecule has 7 heteroatoms. The van der Waals surface area contributed by atoms with Crippen molar-refractivity contribution in [3.63, 3.8) is 0 Å². The van der Waals surface area contributed by atoms with Gasteiger partial charge in [0.25, 0.3) is 0 Å². The van der Waals surface area contributed by atoms with Crippen LogP contribution in [0.2, 0.25) is 0 Å². The summed E-state index contributed by atoms with van der Waals surface area (Å²) in [6, 6.07) is 0. The first-order chi connectivity index (χ1) is 5.46. The Hall–Kier alpha value is -0.170. The minimum atomic E-state index is -2.20. The Balaban J connectivity index is 0.00000144. The Morgan fingerprint density at radius 1 is 0.615 bits per heavy atom. The quantitative estimate of drug-likeness (QED) is 0.233. The maximum Gasteiger partial charge on any atom is 1.00 e. The molecule has 1 aromatic carbocycles. The van der Waals surface area contributed by atoms with Crippen LogP contribution in [0.15, 0.2) is 4.90 Å². The third-order valence-corrected chi connectivity index (χ3v) is 1.53. The van der Waals surface area contributed by atoms with Crippen LogP contribution in [0.3, 0.4) is 0 Å². The molecular formula is C6AgF5S. The van der Waals surface area contributed by atoms with Crippen molar-refractivity contribution in [2.45, 2.75) is 4.90 Å². The fourth-order valence-electron chi connectivity index (χ4n) is 0.585. The van der Waals surface area contributed by atoms with Gasteiger partial charge in [0.15, 0.2) is 17.5 Å². The summed E-state index contributed by atoms with van der Waals surface area (Å²) in [6.45, 7) is 0. The second kappa shape index (κ2) is 4.36. The average molecular weight is 307 g/mol. The first-order valence-corrected chi connectivity index (χ1v) is 3.06. The van der Waals surface area contributed by atoms with Gasteiger partial charge in [-0.05, 0) is 0 Å². The van der Waals surface area contributed by atoms with Gasteiger partial charge in [-0.3, -0.25) is 0 Å². The van der Waals surface area contributed by atoms with Gasteiger partial charge in [0.2, 0.25) is 0 Å². The van der Waals surface area contributed by atoms with Crippen molar-refractivity contribution < 1.29 is 44.3 Å². The summed E-state index contributed by atoms with van der Waals surface area (Å²) in [5.74, 6) is -10.2. The summed E-state index contributed by atoms with van der Waals surface area (Å²) in [7, 11) is 0. The van der Waals surface area contributed by atoms with Crippen molar-refractivity contribution in [1.29, 1.82) is 0 Å². The zero-order valence-electron chi connectivity index (χ0n) is 5.60. The van der Waals surface area contributed by atoms with Crippen LogP contribution in [-0.2, 0) is 35.0 Å². The molecule has 0 N–H and O–H groups in total. The van der Waals surface area contributed by atoms with Crippen LogP contribution in [0, 0.1) is 29.1 Å². The van der Waals surface area contributed by atoms with E-state index < -0.39 is 34.0 Å². The average Bonchev–Trinajstić information content (AvgIpc) is 2.08. The zero-order valence-corrected chi connectivity index (χ0v) is 7.90. The molecule has 1 aromatic rings. The summed E-state index contributed by atoms with van der Waals surface area (Å²) in [5.41, 5.74) is 0. The van der Waals surface area contributed by atoms with E-state index >= 15 is 0 Å². The SMILES string of the molecule is Fc1c(F)c(F)c([S-])c(F)c1F.[Ag+]. The van der Waals surface area contributed by atoms with Gasteiger partial charge >= 0.3 is 22.4 Å². The molecular weight excluding hydrogens is 307 g/mol. The monoisotopic (exact) mass is 306 g/mol. The van der Waals surface area contributed by atoms with Crippen LogP contribution in [0.1, 0.15) is 0 Å². The van der Waals surface area contributed by atoms with Gasteiger partial charge in [0.1, 0.15) is 11.6 Å². The van der Waals surface area contributed by atoms with Crippen LogP contribution in [-0.4, -0.2) is 0 Å². The molecule has 0 aliphatic rings. The van der Waals surface area contributed by atoms with E-state index in [1.165, 1.54) is 0 Å². The topological polar surface area (TPSA) is 0 Å². The molecule has 0 amide bonds. The maximum absolute atomic E-state index is 12.3. The fraction of sp³-hybridized carbons (Fsp3) is 0. The normalized spacial score (nSPS) is 9.62. The molecule has 0 unspecified atom stereocenters. The molecule has 0 bridgehead atoms. The second-order valence-corrected chi connectivity index (χ2v) is 2.31. The molecule has 0 heterocycles. The minimum absolute atomic E-state index is 0. The van der Waals surface area contributed by atoms with E-state index in [0.29, 0.717) is 0 Å². The van der Waals surface area contributed by atoms with E-state index in [4.69, 9.17) is 0 Å². The Morgan fingerprint density at radius 2 is 0.846 bits per heavy atom. The van der Waals surface area contributed by atoms with Crippen molar-refractivity contribution in [1.82, 2.24) is 0 Å². The molecule has 76 valence electrons. The first kappa shape index (κ1) is 12.8. The van der Waals surface area contributed by atoms with E-state index in [9.17, 15) is 22.0 Å². The molecule has 0 atom stereocenters. The smallest absolute Gasteiger partial charge is 0.774 e. The molecule has 0 nitrogen and oxygen atoms in total. The van der Waals surface area contributed by atoms with Crippen LogP contribution in [0.25, 0.3) is 0 Å². The van der Waals surface area contributed by atoms with Crippen molar-refractivity contribution in [2.24, 2.45) is 0 Å². The summed E-state index contributed by atoms with van der Waals surface area (Å²) in [4.78, 5) is -1.29. The van der Waals surface area contributed by atoms with E-state index in [2.05, 4.69) is 12.6 Å². The molecule has 0 fully saturated rings. The van der Waals surface area contributed by atoms with E-state index in [1.54, 1.807) is 0 Å². The molecule has 0 aliphatic carbocycles. The van der Waals surface area contributed by atoms with Crippen molar-refractivity contribution >= 4 is 12.6 Å². The molecule has 0 aliphatic heterocycles. The number of benzene rings is 1. The van der Waals surface area contributed by atoms with Crippen LogP contribution >= 0.6 is 0 Å². The molecule has 0 saturated carbocycles. The molecule has 0 spiro atoms. The van der Waals surface area contributed by atoms with E-state index in [-0.39, 0.29) is 22.4 Å². The molecule has 0 saturated heterocycles. The van der Waals surface area contributed by atoms with Gasteiger partial charge in [-0.25, -0.2) is 22.0 Å². The number of rotatable bonds is 0. The predicted octanol–water partition coefficient (Wildman–Crippen LogP) is 2.29. The number of hydrogen-bond donors (Lipinski definition) is 0. The van der Waals surface area contributed by atoms with Crippen molar-refractivity contribution in [2.75, 3.05) is 0 Å². The second-order valence-electron chi connectivity index (χ2n) is 1.90. The van der Waals surface area contributed by atoms with E-state index in [0.717, 1.165) is 0 Å². The third kappa shape index (κ3) is 2.01. The van der Waals surface area contributed by atoms with Gasteiger partial charge in [0, 0.05) is 0 Å². The van der Waals surface area contributed by atoms with Crippen LogP contribution in [0.5, 0.6) is 0 Å². The van der Waals surface area contributed by atoms with Crippen LogP contribution in [0.4, 0.5) is 22.0 Å². The third-order valence-electron chi connectivity index (χ3n) is 1.17. The van der Waals surface area contributed by atoms with Gasteiger partial charge in [0.05, 0.1) is 0 Å². The van der Waals surface area contributed by atoms with Gasteiger partial charge in [-0.15, -0.1) is 0 Å². The number of hydrogen-bond acceptors (Lipinski definition) is 1. The Kier molecular flexibility index (Phi) is 4.31. The van der Waals surface area contributed by atoms with E-state index in [1.807, 2.05) is 0 Å². The minimum Gasteiger partial charge on any atom is -0.774 e. The van der Waals surface area contributed by atoms with Gasteiger partial charge < -0.3 is 12.6 Å². The molecule has 0 aromatic heterocycles. The first-order valence-electron chi connectivity index (χ1n) is 2.65. The largest absolute Gasteiger partial charge is 1.00 e. The Bertz CT molecular complexity index is 235. The zero-order chi connectivity index (χ0) is 9.46. The molecule has 1 rings (SSSR count). The van der Waals surface area contributed by atoms with Gasteiger partial charge in [-0.2, -0.15) is 0 Å². The summed E-state index contributed by atoms with van der Waals surface area (Å²) in [5, 5.41) is 0. The maximum atomic E-state index is 12.3. The van der Waals surface area contributed by atoms with Gasteiger partial charge in [-0.1, -0.05) is 4.90 Å². The predicted molar refractivity (Wildman–Crippen MR) is 31.9 cm³/mol. The van der Waals surface area contributed by atoms with Crippen molar-refractivity contribution in [3.05, 3.63) is 29.1 Å². The van der Waals surface area contributed by atoms with Crippen LogP contribution < -0.4 is 0 Å². The molecule has 0 radical (unpaired) electrons. The fourth-order valence-corrected chi connectivity index (χ4v) is 0.764. The Labute approximate surface area is 91.0 Å². The summed E-state index contributed by atoms with van der Waals surface area (Å²) in [6.07, 6.45) is 0. The number of halogens is 5. The summed E-state index contributed by atoms with van der Waals surface area (Å²) >= 11 is 3.93. The standard InChI is InChI=1S/C6HF5S.Ag/c7-1-2(8)4(10)6(12)5(11)3(1)9;/h12H;/q;+1/p-1. The molecule has 13 heavy (non-hydrogen) atoms. The summed E-state index contributed by atoms with van der Waals surface area (Å²) < 4.78 is 61.2. The Morgan fingerprint density at radius 3 is 1.15 bits per heavy atom.